The van der Waals surface area contributed by atoms with Crippen molar-refractivity contribution < 1.29 is 14.2 Å². The first-order chi connectivity index (χ1) is 11.2. The van der Waals surface area contributed by atoms with E-state index in [0.29, 0.717) is 5.56 Å². The van der Waals surface area contributed by atoms with Gasteiger partial charge in [-0.25, -0.2) is 4.79 Å². The number of esters is 1. The van der Waals surface area contributed by atoms with Crippen molar-refractivity contribution in [2.24, 2.45) is 0 Å². The molecule has 1 unspecified atom stereocenters. The SMILES string of the molecule is O=C(OCC[N+]1([O-])C=C(c2ccccc2)NC1)c1ccccc1. The lowest BCUT2D eigenvalue weighted by molar-refractivity contribution is -0.825. The molecule has 0 saturated heterocycles. The molecule has 1 atom stereocenters. The summed E-state index contributed by atoms with van der Waals surface area (Å²) in [6, 6.07) is 18.4. The first-order valence-corrected chi connectivity index (χ1v) is 7.48. The van der Waals surface area contributed by atoms with Crippen LogP contribution in [-0.4, -0.2) is 30.4 Å². The Morgan fingerprint density at radius 2 is 1.74 bits per heavy atom. The van der Waals surface area contributed by atoms with Crippen LogP contribution in [0.4, 0.5) is 0 Å². The predicted octanol–water partition coefficient (Wildman–Crippen LogP) is 2.72. The van der Waals surface area contributed by atoms with Crippen LogP contribution in [0.3, 0.4) is 0 Å². The maximum Gasteiger partial charge on any atom is 0.338 e. The number of nitrogens with one attached hydrogen (secondary N) is 1. The van der Waals surface area contributed by atoms with Crippen LogP contribution in [0.5, 0.6) is 0 Å². The highest BCUT2D eigenvalue weighted by Gasteiger charge is 2.24. The topological polar surface area (TPSA) is 61.4 Å². The fraction of sp³-hybridized carbons (Fsp3) is 0.167. The van der Waals surface area contributed by atoms with E-state index < -0.39 is 10.6 Å². The molecule has 0 radical (unpaired) electrons. The number of benzene rings is 2. The van der Waals surface area contributed by atoms with Gasteiger partial charge in [-0.05, 0) is 12.1 Å². The van der Waals surface area contributed by atoms with E-state index in [1.54, 1.807) is 30.5 Å². The van der Waals surface area contributed by atoms with Crippen LogP contribution in [-0.2, 0) is 4.74 Å². The molecule has 2 aromatic rings. The van der Waals surface area contributed by atoms with Crippen molar-refractivity contribution in [1.82, 2.24) is 5.32 Å². The van der Waals surface area contributed by atoms with Crippen molar-refractivity contribution in [2.75, 3.05) is 19.8 Å². The summed E-state index contributed by atoms with van der Waals surface area (Å²) in [5.74, 6) is -0.406. The molecule has 0 fully saturated rings. The minimum Gasteiger partial charge on any atom is -0.626 e. The van der Waals surface area contributed by atoms with Crippen LogP contribution in [0.2, 0.25) is 0 Å². The summed E-state index contributed by atoms with van der Waals surface area (Å²) >= 11 is 0. The zero-order chi connectivity index (χ0) is 16.1. The molecule has 118 valence electrons. The molecule has 5 nitrogen and oxygen atoms in total. The van der Waals surface area contributed by atoms with Gasteiger partial charge < -0.3 is 19.9 Å². The van der Waals surface area contributed by atoms with Gasteiger partial charge in [0.05, 0.1) is 5.56 Å². The summed E-state index contributed by atoms with van der Waals surface area (Å²) in [5, 5.41) is 15.7. The van der Waals surface area contributed by atoms with Crippen molar-refractivity contribution in [3.63, 3.8) is 0 Å². The van der Waals surface area contributed by atoms with Gasteiger partial charge in [0.1, 0.15) is 25.0 Å². The molecular formula is C18H18N2O3. The number of hydrogen-bond acceptors (Lipinski definition) is 4. The summed E-state index contributed by atoms with van der Waals surface area (Å²) in [4.78, 5) is 11.8. The molecule has 1 heterocycles. The van der Waals surface area contributed by atoms with Crippen molar-refractivity contribution in [3.8, 4) is 0 Å². The molecule has 0 spiro atoms. The number of carbonyl (C=O) groups excluding carboxylic acids is 1. The van der Waals surface area contributed by atoms with Crippen LogP contribution in [0, 0.1) is 5.21 Å². The molecule has 0 saturated carbocycles. The Hall–Kier alpha value is -2.63. The highest BCUT2D eigenvalue weighted by Crippen LogP contribution is 2.21. The Morgan fingerprint density at radius 1 is 1.09 bits per heavy atom. The molecule has 23 heavy (non-hydrogen) atoms. The Morgan fingerprint density at radius 3 is 2.43 bits per heavy atom. The third kappa shape index (κ3) is 3.77. The molecule has 1 aliphatic heterocycles. The number of carbonyl (C=O) groups is 1. The second-order valence-electron chi connectivity index (χ2n) is 5.42. The van der Waals surface area contributed by atoms with Gasteiger partial charge in [-0.2, -0.15) is 0 Å². The predicted molar refractivity (Wildman–Crippen MR) is 87.6 cm³/mol. The lowest BCUT2D eigenvalue weighted by atomic mass is 10.2. The van der Waals surface area contributed by atoms with E-state index in [2.05, 4.69) is 5.32 Å². The number of rotatable bonds is 5. The van der Waals surface area contributed by atoms with E-state index in [1.807, 2.05) is 36.4 Å². The van der Waals surface area contributed by atoms with Crippen LogP contribution >= 0.6 is 0 Å². The third-order valence-electron chi connectivity index (χ3n) is 3.70. The Kier molecular flexibility index (Phi) is 4.41. The average Bonchev–Trinajstić information content (AvgIpc) is 2.99. The highest BCUT2D eigenvalue weighted by molar-refractivity contribution is 5.89. The van der Waals surface area contributed by atoms with Gasteiger partial charge in [-0.3, -0.25) is 0 Å². The first-order valence-electron chi connectivity index (χ1n) is 7.48. The van der Waals surface area contributed by atoms with Gasteiger partial charge in [0.15, 0.2) is 6.67 Å². The van der Waals surface area contributed by atoms with Gasteiger partial charge in [-0.1, -0.05) is 48.5 Å². The molecule has 0 aliphatic carbocycles. The average molecular weight is 310 g/mol. The lowest BCUT2D eigenvalue weighted by Gasteiger charge is -2.34. The van der Waals surface area contributed by atoms with Crippen molar-refractivity contribution >= 4 is 11.7 Å². The summed E-state index contributed by atoms with van der Waals surface area (Å²) in [6.07, 6.45) is 1.63. The summed E-state index contributed by atoms with van der Waals surface area (Å²) in [5.41, 5.74) is 2.28. The minimum absolute atomic E-state index is 0.0808. The summed E-state index contributed by atoms with van der Waals surface area (Å²) < 4.78 is 4.64. The lowest BCUT2D eigenvalue weighted by Crippen LogP contribution is -2.40. The number of hydroxylamine groups is 3. The molecular weight excluding hydrogens is 292 g/mol. The third-order valence-corrected chi connectivity index (χ3v) is 3.70. The summed E-state index contributed by atoms with van der Waals surface area (Å²) in [6.45, 7) is 0.506. The summed E-state index contributed by atoms with van der Waals surface area (Å²) in [7, 11) is 0. The van der Waals surface area contributed by atoms with Crippen molar-refractivity contribution in [3.05, 3.63) is 83.2 Å². The zero-order valence-corrected chi connectivity index (χ0v) is 12.6. The van der Waals surface area contributed by atoms with Gasteiger partial charge in [-0.15, -0.1) is 0 Å². The van der Waals surface area contributed by atoms with Crippen LogP contribution < -0.4 is 5.32 Å². The van der Waals surface area contributed by atoms with E-state index >= 15 is 0 Å². The second kappa shape index (κ2) is 6.64. The van der Waals surface area contributed by atoms with Gasteiger partial charge in [0.25, 0.3) is 0 Å². The molecule has 0 amide bonds. The van der Waals surface area contributed by atoms with E-state index in [1.165, 1.54) is 0 Å². The van der Waals surface area contributed by atoms with E-state index in [9.17, 15) is 10.0 Å². The Balaban J connectivity index is 1.56. The first kappa shape index (κ1) is 15.3. The normalized spacial score (nSPS) is 19.8. The Labute approximate surface area is 135 Å². The van der Waals surface area contributed by atoms with Crippen LogP contribution in [0.25, 0.3) is 5.70 Å². The number of hydrogen-bond donors (Lipinski definition) is 1. The zero-order valence-electron chi connectivity index (χ0n) is 12.6. The minimum atomic E-state index is -0.549. The van der Waals surface area contributed by atoms with E-state index in [-0.39, 0.29) is 19.8 Å². The molecule has 1 N–H and O–H groups in total. The molecule has 1 aliphatic rings. The number of nitrogens with zero attached hydrogens (tertiary/aromatic N) is 1. The number of quaternary nitrogens is 1. The van der Waals surface area contributed by atoms with E-state index in [0.717, 1.165) is 11.3 Å². The molecule has 2 aromatic carbocycles. The molecule has 0 bridgehead atoms. The largest absolute Gasteiger partial charge is 0.626 e. The fourth-order valence-electron chi connectivity index (χ4n) is 2.43. The van der Waals surface area contributed by atoms with Crippen molar-refractivity contribution in [2.45, 2.75) is 0 Å². The van der Waals surface area contributed by atoms with Crippen LogP contribution in [0.1, 0.15) is 15.9 Å². The van der Waals surface area contributed by atoms with Gasteiger partial charge in [0, 0.05) is 5.56 Å². The maximum absolute atomic E-state index is 12.6. The molecule has 0 aromatic heterocycles. The maximum atomic E-state index is 12.6. The van der Waals surface area contributed by atoms with Gasteiger partial charge >= 0.3 is 5.97 Å². The van der Waals surface area contributed by atoms with Gasteiger partial charge in [0.2, 0.25) is 0 Å². The quantitative estimate of drug-likeness (QED) is 0.524. The van der Waals surface area contributed by atoms with Crippen molar-refractivity contribution in [1.29, 1.82) is 0 Å². The second-order valence-corrected chi connectivity index (χ2v) is 5.42. The van der Waals surface area contributed by atoms with E-state index in [4.69, 9.17) is 4.74 Å². The smallest absolute Gasteiger partial charge is 0.338 e. The fourth-order valence-corrected chi connectivity index (χ4v) is 2.43. The standard InChI is InChI=1S/C18H18N2O3/c21-18(16-9-5-2-6-10-16)23-12-11-20(22)13-17(19-14-20)15-7-3-1-4-8-15/h1-10,13,19H,11-12,14H2. The number of ether oxygens (including phenoxy) is 1. The molecule has 5 heteroatoms. The molecule has 3 rings (SSSR count). The van der Waals surface area contributed by atoms with Crippen LogP contribution in [0.15, 0.2) is 66.9 Å². The Bertz CT molecular complexity index is 701. The monoisotopic (exact) mass is 310 g/mol. The highest BCUT2D eigenvalue weighted by atomic mass is 16.6.